The third kappa shape index (κ3) is 32.9. The van der Waals surface area contributed by atoms with E-state index in [2.05, 4.69) is 56.4 Å². The molecular formula is C48H84O12S. The number of aliphatic hydroxyl groups is 3. The Labute approximate surface area is 369 Å². The van der Waals surface area contributed by atoms with Crippen LogP contribution in [0.4, 0.5) is 0 Å². The van der Waals surface area contributed by atoms with Gasteiger partial charge in [-0.1, -0.05) is 172 Å². The van der Waals surface area contributed by atoms with Crippen molar-refractivity contribution < 1.29 is 56.8 Å². The van der Waals surface area contributed by atoms with Gasteiger partial charge in [-0.15, -0.1) is 0 Å². The molecule has 0 aromatic carbocycles. The summed E-state index contributed by atoms with van der Waals surface area (Å²) in [5.41, 5.74) is 0. The third-order valence-corrected chi connectivity index (χ3v) is 11.4. The molecule has 0 aromatic rings. The van der Waals surface area contributed by atoms with Crippen molar-refractivity contribution >= 4 is 22.1 Å². The molecule has 1 saturated heterocycles. The molecule has 0 aromatic heterocycles. The highest BCUT2D eigenvalue weighted by Crippen LogP contribution is 2.24. The van der Waals surface area contributed by atoms with Crippen LogP contribution in [0.15, 0.2) is 48.6 Å². The SMILES string of the molecule is CCCCCCCCC/C=C/C/C=C/C/C=C/C/C=C/CCCC(=O)OC[C@H](CO[C@H]1O[C@H](CS(=O)(=O)O)[C@@H](O)C(O)C1O)OC(=O)CCCCCCCCCCCCCC. The number of aliphatic hydroxyl groups excluding tert-OH is 3. The van der Waals surface area contributed by atoms with Crippen molar-refractivity contribution in [1.29, 1.82) is 0 Å². The number of hydrogen-bond donors (Lipinski definition) is 4. The van der Waals surface area contributed by atoms with Gasteiger partial charge in [-0.05, 0) is 51.4 Å². The Balaban J connectivity index is 2.44. The van der Waals surface area contributed by atoms with Crippen LogP contribution in [-0.4, -0.2) is 96.0 Å². The van der Waals surface area contributed by atoms with Crippen molar-refractivity contribution in [1.82, 2.24) is 0 Å². The van der Waals surface area contributed by atoms with Gasteiger partial charge in [0.05, 0.1) is 6.61 Å². The smallest absolute Gasteiger partial charge is 0.306 e. The lowest BCUT2D eigenvalue weighted by Crippen LogP contribution is -2.60. The maximum Gasteiger partial charge on any atom is 0.306 e. The van der Waals surface area contributed by atoms with Crippen molar-refractivity contribution in [3.63, 3.8) is 0 Å². The molecule has 1 rings (SSSR count). The highest BCUT2D eigenvalue weighted by Gasteiger charge is 2.46. The summed E-state index contributed by atoms with van der Waals surface area (Å²) in [6.45, 7) is 3.70. The lowest BCUT2D eigenvalue weighted by molar-refractivity contribution is -0.297. The summed E-state index contributed by atoms with van der Waals surface area (Å²) in [5.74, 6) is -2.05. The molecule has 6 atom stereocenters. The van der Waals surface area contributed by atoms with Gasteiger partial charge in [-0.3, -0.25) is 14.1 Å². The van der Waals surface area contributed by atoms with E-state index in [0.29, 0.717) is 19.3 Å². The minimum absolute atomic E-state index is 0.144. The average molecular weight is 885 g/mol. The van der Waals surface area contributed by atoms with Crippen molar-refractivity contribution in [2.75, 3.05) is 19.0 Å². The molecule has 0 aliphatic carbocycles. The van der Waals surface area contributed by atoms with Gasteiger partial charge < -0.3 is 34.3 Å². The first-order valence-electron chi connectivity index (χ1n) is 23.7. The number of allylic oxidation sites excluding steroid dienone is 8. The molecule has 4 N–H and O–H groups in total. The second kappa shape index (κ2) is 38.1. The molecule has 0 saturated carbocycles. The Kier molecular flexibility index (Phi) is 35.4. The maximum atomic E-state index is 12.8. The zero-order valence-corrected chi connectivity index (χ0v) is 38.6. The minimum Gasteiger partial charge on any atom is -0.462 e. The Morgan fingerprint density at radius 1 is 0.557 bits per heavy atom. The third-order valence-electron chi connectivity index (χ3n) is 10.7. The Morgan fingerprint density at radius 2 is 1.00 bits per heavy atom. The number of unbranched alkanes of at least 4 members (excludes halogenated alkanes) is 19. The molecule has 354 valence electrons. The van der Waals surface area contributed by atoms with E-state index in [4.69, 9.17) is 18.9 Å². The number of esters is 2. The van der Waals surface area contributed by atoms with E-state index in [-0.39, 0.29) is 19.4 Å². The van der Waals surface area contributed by atoms with Crippen LogP contribution in [0.1, 0.15) is 187 Å². The van der Waals surface area contributed by atoms with Crippen LogP contribution in [-0.2, 0) is 38.7 Å². The van der Waals surface area contributed by atoms with Gasteiger partial charge in [-0.25, -0.2) is 0 Å². The highest BCUT2D eigenvalue weighted by atomic mass is 32.2. The zero-order valence-electron chi connectivity index (χ0n) is 37.8. The first-order chi connectivity index (χ1) is 29.5. The molecule has 0 amide bonds. The summed E-state index contributed by atoms with van der Waals surface area (Å²) >= 11 is 0. The van der Waals surface area contributed by atoms with Crippen LogP contribution in [0.25, 0.3) is 0 Å². The van der Waals surface area contributed by atoms with Crippen LogP contribution < -0.4 is 0 Å². The minimum atomic E-state index is -4.61. The molecule has 1 heterocycles. The summed E-state index contributed by atoms with van der Waals surface area (Å²) < 4.78 is 54.0. The van der Waals surface area contributed by atoms with E-state index in [1.165, 1.54) is 103 Å². The normalized spacial score (nSPS) is 20.4. The summed E-state index contributed by atoms with van der Waals surface area (Å²) in [6.07, 6.45) is 36.0. The van der Waals surface area contributed by atoms with Crippen molar-refractivity contribution in [2.45, 2.75) is 224 Å². The first kappa shape index (κ1) is 56.6. The second-order valence-corrected chi connectivity index (χ2v) is 17.9. The molecule has 13 heteroatoms. The Bertz CT molecular complexity index is 1310. The standard InChI is InChI=1S/C48H84O12S/c1-3-5-7-9-11-13-15-17-18-19-20-21-22-23-24-25-27-28-30-32-34-36-43(49)57-38-41(39-58-48-47(53)46(52)45(51)42(60-48)40-61(54,55)56)59-44(50)37-35-33-31-29-26-16-14-12-10-8-6-4-2/h18-19,21-22,24-25,28,30,41-42,45-48,51-53H,3-17,20,23,26-27,29,31-40H2,1-2H3,(H,54,55,56)/b19-18+,22-21+,25-24+,30-28+/t41-,42-,45-,46?,47?,48+/m1/s1. The molecule has 12 nitrogen and oxygen atoms in total. The molecule has 1 aliphatic heterocycles. The lowest BCUT2D eigenvalue weighted by atomic mass is 10.00. The van der Waals surface area contributed by atoms with E-state index in [1.54, 1.807) is 0 Å². The first-order valence-corrected chi connectivity index (χ1v) is 25.3. The second-order valence-electron chi connectivity index (χ2n) is 16.4. The summed E-state index contributed by atoms with van der Waals surface area (Å²) in [7, 11) is -4.61. The molecule has 2 unspecified atom stereocenters. The average Bonchev–Trinajstić information content (AvgIpc) is 3.22. The predicted octanol–water partition coefficient (Wildman–Crippen LogP) is 9.95. The molecule has 0 spiro atoms. The monoisotopic (exact) mass is 885 g/mol. The van der Waals surface area contributed by atoms with Gasteiger partial charge in [-0.2, -0.15) is 8.42 Å². The maximum absolute atomic E-state index is 12.8. The molecule has 0 bridgehead atoms. The quantitative estimate of drug-likeness (QED) is 0.0198. The fourth-order valence-corrected chi connectivity index (χ4v) is 7.65. The Morgan fingerprint density at radius 3 is 1.51 bits per heavy atom. The predicted molar refractivity (Wildman–Crippen MR) is 242 cm³/mol. The lowest BCUT2D eigenvalue weighted by Gasteiger charge is -2.40. The number of rotatable bonds is 39. The van der Waals surface area contributed by atoms with Gasteiger partial charge in [0.1, 0.15) is 36.8 Å². The van der Waals surface area contributed by atoms with E-state index in [1.807, 2.05) is 6.08 Å². The van der Waals surface area contributed by atoms with Gasteiger partial charge in [0.25, 0.3) is 10.1 Å². The van der Waals surface area contributed by atoms with Gasteiger partial charge >= 0.3 is 11.9 Å². The van der Waals surface area contributed by atoms with Crippen molar-refractivity contribution in [3.05, 3.63) is 48.6 Å². The largest absolute Gasteiger partial charge is 0.462 e. The van der Waals surface area contributed by atoms with E-state index < -0.39 is 71.2 Å². The number of carbonyl (C=O) groups is 2. The van der Waals surface area contributed by atoms with Crippen LogP contribution in [0.2, 0.25) is 0 Å². The van der Waals surface area contributed by atoms with Gasteiger partial charge in [0.2, 0.25) is 0 Å². The fraction of sp³-hybridized carbons (Fsp3) is 0.792. The van der Waals surface area contributed by atoms with Crippen LogP contribution in [0.5, 0.6) is 0 Å². The topological polar surface area (TPSA) is 186 Å². The van der Waals surface area contributed by atoms with Gasteiger partial charge in [0.15, 0.2) is 12.4 Å². The van der Waals surface area contributed by atoms with Gasteiger partial charge in [0, 0.05) is 12.8 Å². The molecule has 0 radical (unpaired) electrons. The van der Waals surface area contributed by atoms with Crippen LogP contribution in [0, 0.1) is 0 Å². The number of hydrogen-bond acceptors (Lipinski definition) is 11. The summed E-state index contributed by atoms with van der Waals surface area (Å²) in [5, 5.41) is 30.9. The van der Waals surface area contributed by atoms with E-state index in [0.717, 1.165) is 38.5 Å². The Hall–Kier alpha value is -2.39. The van der Waals surface area contributed by atoms with Crippen molar-refractivity contribution in [3.8, 4) is 0 Å². The van der Waals surface area contributed by atoms with Crippen LogP contribution >= 0.6 is 0 Å². The van der Waals surface area contributed by atoms with E-state index in [9.17, 15) is 37.9 Å². The number of carbonyl (C=O) groups excluding carboxylic acids is 2. The zero-order chi connectivity index (χ0) is 44.8. The fourth-order valence-electron chi connectivity index (χ4n) is 6.96. The van der Waals surface area contributed by atoms with Crippen LogP contribution in [0.3, 0.4) is 0 Å². The number of ether oxygens (including phenoxy) is 4. The highest BCUT2D eigenvalue weighted by molar-refractivity contribution is 7.85. The summed E-state index contributed by atoms with van der Waals surface area (Å²) in [4.78, 5) is 25.4. The molecule has 61 heavy (non-hydrogen) atoms. The van der Waals surface area contributed by atoms with Crippen molar-refractivity contribution in [2.24, 2.45) is 0 Å². The molecule has 1 fully saturated rings. The summed E-state index contributed by atoms with van der Waals surface area (Å²) in [6, 6.07) is 0. The molecule has 1 aliphatic rings. The van der Waals surface area contributed by atoms with E-state index >= 15 is 0 Å². The molecular weight excluding hydrogens is 801 g/mol.